The highest BCUT2D eigenvalue weighted by Gasteiger charge is 2.50. The topological polar surface area (TPSA) is 38.8 Å². The molecule has 0 unspecified atom stereocenters. The molecule has 0 heterocycles. The zero-order valence-corrected chi connectivity index (χ0v) is 23.1. The Balaban J connectivity index is 2.32. The molecule has 5 heteroatoms. The standard InChI is InChI=1S/C29H43NO3Si/c1-8-9-10-17-22-30(33-27(31)28(2,3)4)23-24-32-34(29(5,6)7,25-18-13-11-14-19-25)26-20-15-12-16-21-26/h10-21H,8-9,22-24H2,1-7H3/b17-10+. The molecule has 0 fully saturated rings. The van der Waals surface area contributed by atoms with Gasteiger partial charge in [-0.2, -0.15) is 0 Å². The minimum Gasteiger partial charge on any atom is -0.406 e. The highest BCUT2D eigenvalue weighted by atomic mass is 28.4. The molecule has 0 aliphatic carbocycles. The van der Waals surface area contributed by atoms with Crippen LogP contribution in [0.15, 0.2) is 72.8 Å². The maximum atomic E-state index is 12.6. The zero-order valence-electron chi connectivity index (χ0n) is 22.1. The molecule has 34 heavy (non-hydrogen) atoms. The molecule has 2 rings (SSSR count). The Kier molecular flexibility index (Phi) is 10.3. The fraction of sp³-hybridized carbons (Fsp3) is 0.483. The molecule has 0 N–H and O–H groups in total. The Labute approximate surface area is 208 Å². The normalized spacial score (nSPS) is 12.9. The van der Waals surface area contributed by atoms with E-state index in [1.165, 1.54) is 10.4 Å². The van der Waals surface area contributed by atoms with Crippen molar-refractivity contribution in [3.05, 3.63) is 72.8 Å². The van der Waals surface area contributed by atoms with Gasteiger partial charge in [-0.15, -0.1) is 5.06 Å². The van der Waals surface area contributed by atoms with Gasteiger partial charge >= 0.3 is 5.97 Å². The van der Waals surface area contributed by atoms with Crippen LogP contribution in [-0.2, 0) is 14.1 Å². The highest BCUT2D eigenvalue weighted by molar-refractivity contribution is 6.99. The van der Waals surface area contributed by atoms with Crippen molar-refractivity contribution in [2.75, 3.05) is 19.7 Å². The lowest BCUT2D eigenvalue weighted by atomic mass is 9.98. The SMILES string of the molecule is CCC/C=C/CN(CCO[Si](c1ccccc1)(c1ccccc1)C(C)(C)C)OC(=O)C(C)(C)C. The van der Waals surface area contributed by atoms with Gasteiger partial charge in [0, 0.05) is 0 Å². The molecule has 0 aliphatic rings. The Morgan fingerprint density at radius 1 is 0.882 bits per heavy atom. The molecule has 0 aliphatic heterocycles. The number of hydrogen-bond donors (Lipinski definition) is 0. The molecule has 0 bridgehead atoms. The lowest BCUT2D eigenvalue weighted by molar-refractivity contribution is -0.199. The number of carbonyl (C=O) groups is 1. The monoisotopic (exact) mass is 481 g/mol. The number of hydroxylamine groups is 2. The zero-order chi connectivity index (χ0) is 25.2. The average molecular weight is 482 g/mol. The highest BCUT2D eigenvalue weighted by Crippen LogP contribution is 2.36. The second kappa shape index (κ2) is 12.5. The van der Waals surface area contributed by atoms with Gasteiger partial charge in [0.2, 0.25) is 0 Å². The summed E-state index contributed by atoms with van der Waals surface area (Å²) in [6.45, 7) is 16.1. The second-order valence-electron chi connectivity index (χ2n) is 10.8. The fourth-order valence-electron chi connectivity index (χ4n) is 3.97. The Morgan fingerprint density at radius 3 is 1.85 bits per heavy atom. The van der Waals surface area contributed by atoms with Gasteiger partial charge in [0.25, 0.3) is 8.32 Å². The maximum Gasteiger partial charge on any atom is 0.330 e. The van der Waals surface area contributed by atoms with Crippen LogP contribution < -0.4 is 10.4 Å². The fourth-order valence-corrected chi connectivity index (χ4v) is 8.52. The first-order valence-electron chi connectivity index (χ1n) is 12.4. The first-order chi connectivity index (χ1) is 16.0. The van der Waals surface area contributed by atoms with Gasteiger partial charge in [-0.1, -0.05) is 107 Å². The largest absolute Gasteiger partial charge is 0.406 e. The van der Waals surface area contributed by atoms with E-state index in [2.05, 4.69) is 88.4 Å². The summed E-state index contributed by atoms with van der Waals surface area (Å²) >= 11 is 0. The second-order valence-corrected chi connectivity index (χ2v) is 15.1. The summed E-state index contributed by atoms with van der Waals surface area (Å²) in [4.78, 5) is 18.4. The van der Waals surface area contributed by atoms with E-state index in [0.29, 0.717) is 19.7 Å². The average Bonchev–Trinajstić information content (AvgIpc) is 2.79. The molecule has 0 saturated heterocycles. The Bertz CT molecular complexity index is 859. The smallest absolute Gasteiger partial charge is 0.330 e. The molecule has 0 radical (unpaired) electrons. The van der Waals surface area contributed by atoms with Gasteiger partial charge in [-0.25, -0.2) is 4.79 Å². The number of hydrogen-bond acceptors (Lipinski definition) is 4. The van der Waals surface area contributed by atoms with Crippen molar-refractivity contribution in [1.29, 1.82) is 0 Å². The van der Waals surface area contributed by atoms with Gasteiger partial charge in [0.15, 0.2) is 0 Å². The van der Waals surface area contributed by atoms with Crippen LogP contribution >= 0.6 is 0 Å². The summed E-state index contributed by atoms with van der Waals surface area (Å²) in [7, 11) is -2.62. The van der Waals surface area contributed by atoms with Crippen molar-refractivity contribution >= 4 is 24.7 Å². The van der Waals surface area contributed by atoms with Gasteiger partial charge in [-0.05, 0) is 42.6 Å². The number of benzene rings is 2. The molecule has 0 atom stereocenters. The van der Waals surface area contributed by atoms with Crippen LogP contribution in [0.2, 0.25) is 5.04 Å². The molecule has 0 aromatic heterocycles. The molecule has 2 aromatic rings. The molecule has 186 valence electrons. The Hall–Kier alpha value is -2.21. The van der Waals surface area contributed by atoms with Gasteiger partial charge in [0.05, 0.1) is 25.1 Å². The third-order valence-electron chi connectivity index (χ3n) is 5.83. The van der Waals surface area contributed by atoms with E-state index in [1.807, 2.05) is 32.9 Å². The Morgan fingerprint density at radius 2 is 1.41 bits per heavy atom. The lowest BCUT2D eigenvalue weighted by Crippen LogP contribution is -2.67. The molecular weight excluding hydrogens is 438 g/mol. The maximum absolute atomic E-state index is 12.6. The van der Waals surface area contributed by atoms with E-state index in [4.69, 9.17) is 9.26 Å². The number of nitrogens with zero attached hydrogens (tertiary/aromatic N) is 1. The van der Waals surface area contributed by atoms with Crippen LogP contribution in [0.1, 0.15) is 61.3 Å². The van der Waals surface area contributed by atoms with Crippen LogP contribution in [0.4, 0.5) is 0 Å². The molecule has 4 nitrogen and oxygen atoms in total. The first-order valence-corrected chi connectivity index (χ1v) is 14.3. The summed E-state index contributed by atoms with van der Waals surface area (Å²) in [6.07, 6.45) is 6.32. The van der Waals surface area contributed by atoms with Crippen LogP contribution in [0.5, 0.6) is 0 Å². The minimum atomic E-state index is -2.62. The molecule has 0 spiro atoms. The third kappa shape index (κ3) is 7.39. The molecular formula is C29H43NO3Si. The lowest BCUT2D eigenvalue weighted by Gasteiger charge is -2.43. The van der Waals surface area contributed by atoms with Crippen molar-refractivity contribution in [1.82, 2.24) is 5.06 Å². The van der Waals surface area contributed by atoms with E-state index in [0.717, 1.165) is 12.8 Å². The van der Waals surface area contributed by atoms with E-state index >= 15 is 0 Å². The summed E-state index contributed by atoms with van der Waals surface area (Å²) < 4.78 is 6.97. The summed E-state index contributed by atoms with van der Waals surface area (Å²) in [5, 5.41) is 4.13. The van der Waals surface area contributed by atoms with Crippen LogP contribution in [0.25, 0.3) is 0 Å². The molecule has 2 aromatic carbocycles. The quantitative estimate of drug-likeness (QED) is 0.234. The number of unbranched alkanes of at least 4 members (excludes halogenated alkanes) is 1. The predicted octanol–water partition coefficient (Wildman–Crippen LogP) is 5.73. The van der Waals surface area contributed by atoms with Crippen molar-refractivity contribution in [3.8, 4) is 0 Å². The van der Waals surface area contributed by atoms with Gasteiger partial charge in [0.1, 0.15) is 0 Å². The number of carbonyl (C=O) groups excluding carboxylic acids is 1. The first kappa shape index (κ1) is 28.0. The number of rotatable bonds is 11. The number of allylic oxidation sites excluding steroid dienone is 1. The van der Waals surface area contributed by atoms with Crippen LogP contribution in [0.3, 0.4) is 0 Å². The third-order valence-corrected chi connectivity index (χ3v) is 10.9. The van der Waals surface area contributed by atoms with Crippen LogP contribution in [0, 0.1) is 5.41 Å². The van der Waals surface area contributed by atoms with E-state index in [9.17, 15) is 4.79 Å². The van der Waals surface area contributed by atoms with E-state index < -0.39 is 13.7 Å². The van der Waals surface area contributed by atoms with Crippen molar-refractivity contribution < 1.29 is 14.1 Å². The summed E-state index contributed by atoms with van der Waals surface area (Å²) in [5.74, 6) is -0.234. The summed E-state index contributed by atoms with van der Waals surface area (Å²) in [5.41, 5.74) is -0.565. The van der Waals surface area contributed by atoms with Crippen LogP contribution in [-0.4, -0.2) is 39.0 Å². The van der Waals surface area contributed by atoms with Crippen molar-refractivity contribution in [2.24, 2.45) is 5.41 Å². The van der Waals surface area contributed by atoms with E-state index in [1.54, 1.807) is 5.06 Å². The summed E-state index contributed by atoms with van der Waals surface area (Å²) in [6, 6.07) is 21.2. The van der Waals surface area contributed by atoms with E-state index in [-0.39, 0.29) is 11.0 Å². The van der Waals surface area contributed by atoms with Gasteiger partial charge < -0.3 is 9.26 Å². The van der Waals surface area contributed by atoms with Crippen molar-refractivity contribution in [3.63, 3.8) is 0 Å². The minimum absolute atomic E-state index is 0.0936. The molecule has 0 amide bonds. The van der Waals surface area contributed by atoms with Crippen molar-refractivity contribution in [2.45, 2.75) is 66.3 Å². The predicted molar refractivity (Wildman–Crippen MR) is 145 cm³/mol. The van der Waals surface area contributed by atoms with Gasteiger partial charge in [-0.3, -0.25) is 0 Å². The molecule has 0 saturated carbocycles.